The van der Waals surface area contributed by atoms with Gasteiger partial charge in [0.2, 0.25) is 0 Å². The zero-order valence-electron chi connectivity index (χ0n) is 10.8. The lowest BCUT2D eigenvalue weighted by molar-refractivity contribution is -0.000179. The van der Waals surface area contributed by atoms with E-state index in [1.165, 1.54) is 19.3 Å². The highest BCUT2D eigenvalue weighted by Gasteiger charge is 2.21. The molecule has 3 heteroatoms. The number of aliphatic hydroxyl groups is 1. The van der Waals surface area contributed by atoms with E-state index in [-0.39, 0.29) is 12.1 Å². The smallest absolute Gasteiger partial charge is 0.0610 e. The number of hydrogen-bond donors (Lipinski definition) is 2. The van der Waals surface area contributed by atoms with Crippen molar-refractivity contribution < 1.29 is 9.84 Å². The molecule has 0 aromatic rings. The third kappa shape index (κ3) is 4.81. The monoisotopic (exact) mass is 229 g/mol. The van der Waals surface area contributed by atoms with Crippen LogP contribution in [-0.4, -0.2) is 36.5 Å². The Morgan fingerprint density at radius 2 is 2.12 bits per heavy atom. The number of likely N-dealkylation sites (N-methyl/N-ethyl adjacent to an activating group) is 1. The fourth-order valence-electron chi connectivity index (χ4n) is 2.05. The first-order chi connectivity index (χ1) is 7.70. The molecule has 1 saturated carbocycles. The average Bonchev–Trinajstić information content (AvgIpc) is 2.21. The van der Waals surface area contributed by atoms with Gasteiger partial charge in [-0.25, -0.2) is 0 Å². The minimum atomic E-state index is -0.106. The van der Waals surface area contributed by atoms with Crippen LogP contribution in [0.5, 0.6) is 0 Å². The van der Waals surface area contributed by atoms with Crippen LogP contribution in [0.25, 0.3) is 0 Å². The van der Waals surface area contributed by atoms with Crippen molar-refractivity contribution >= 4 is 0 Å². The second kappa shape index (κ2) is 7.25. The second-order valence-electron chi connectivity index (χ2n) is 5.13. The number of ether oxygens (including phenoxy) is 1. The number of hydrogen-bond acceptors (Lipinski definition) is 3. The first-order valence-corrected chi connectivity index (χ1v) is 6.67. The fraction of sp³-hybridized carbons (Fsp3) is 1.00. The Kier molecular flexibility index (Phi) is 6.32. The summed E-state index contributed by atoms with van der Waals surface area (Å²) in [4.78, 5) is 0. The summed E-state index contributed by atoms with van der Waals surface area (Å²) in [5, 5.41) is 12.7. The van der Waals surface area contributed by atoms with Gasteiger partial charge in [-0.1, -0.05) is 6.92 Å². The third-order valence-corrected chi connectivity index (χ3v) is 3.48. The van der Waals surface area contributed by atoms with Crippen LogP contribution in [0.3, 0.4) is 0 Å². The van der Waals surface area contributed by atoms with Gasteiger partial charge < -0.3 is 15.2 Å². The maximum absolute atomic E-state index is 9.31. The molecule has 0 radical (unpaired) electrons. The lowest BCUT2D eigenvalue weighted by atomic mass is 9.95. The molecule has 0 bridgehead atoms. The first-order valence-electron chi connectivity index (χ1n) is 6.67. The minimum Gasteiger partial charge on any atom is -0.394 e. The molecule has 0 heterocycles. The standard InChI is InChI=1S/C13H27NO2/c1-3-14-13(2,11-15)9-4-5-10-16-12-7-6-8-12/h12,14-15H,3-11H2,1-2H3. The number of rotatable bonds is 9. The summed E-state index contributed by atoms with van der Waals surface area (Å²) in [7, 11) is 0. The second-order valence-corrected chi connectivity index (χ2v) is 5.13. The van der Waals surface area contributed by atoms with Gasteiger partial charge in [-0.05, 0) is 52.0 Å². The molecular weight excluding hydrogens is 202 g/mol. The molecule has 96 valence electrons. The van der Waals surface area contributed by atoms with E-state index >= 15 is 0 Å². The van der Waals surface area contributed by atoms with Gasteiger partial charge in [0.15, 0.2) is 0 Å². The van der Waals surface area contributed by atoms with Crippen molar-refractivity contribution in [3.8, 4) is 0 Å². The molecule has 1 rings (SSSR count). The van der Waals surface area contributed by atoms with Crippen LogP contribution in [-0.2, 0) is 4.74 Å². The topological polar surface area (TPSA) is 41.5 Å². The highest BCUT2D eigenvalue weighted by Crippen LogP contribution is 2.22. The molecule has 0 amide bonds. The van der Waals surface area contributed by atoms with Crippen molar-refractivity contribution in [2.75, 3.05) is 19.8 Å². The molecule has 0 spiro atoms. The Morgan fingerprint density at radius 3 is 2.62 bits per heavy atom. The van der Waals surface area contributed by atoms with Gasteiger partial charge >= 0.3 is 0 Å². The lowest BCUT2D eigenvalue weighted by Gasteiger charge is -2.29. The summed E-state index contributed by atoms with van der Waals surface area (Å²) < 4.78 is 5.70. The molecule has 1 atom stereocenters. The van der Waals surface area contributed by atoms with Crippen LogP contribution in [0.1, 0.15) is 52.4 Å². The largest absolute Gasteiger partial charge is 0.394 e. The quantitative estimate of drug-likeness (QED) is 0.595. The predicted octanol–water partition coefficient (Wildman–Crippen LogP) is 2.09. The van der Waals surface area contributed by atoms with Crippen LogP contribution in [0.15, 0.2) is 0 Å². The highest BCUT2D eigenvalue weighted by molar-refractivity contribution is 4.81. The molecule has 1 aliphatic carbocycles. The molecule has 2 N–H and O–H groups in total. The van der Waals surface area contributed by atoms with Crippen molar-refractivity contribution in [2.45, 2.75) is 64.0 Å². The van der Waals surface area contributed by atoms with E-state index in [9.17, 15) is 5.11 Å². The van der Waals surface area contributed by atoms with Crippen LogP contribution >= 0.6 is 0 Å². The van der Waals surface area contributed by atoms with Crippen molar-refractivity contribution in [1.29, 1.82) is 0 Å². The first kappa shape index (κ1) is 13.9. The SMILES string of the molecule is CCNC(C)(CO)CCCCOC1CCC1. The van der Waals surface area contributed by atoms with Crippen LogP contribution in [0, 0.1) is 0 Å². The number of aliphatic hydroxyl groups excluding tert-OH is 1. The molecular formula is C13H27NO2. The summed E-state index contributed by atoms with van der Waals surface area (Å²) >= 11 is 0. The van der Waals surface area contributed by atoms with E-state index < -0.39 is 0 Å². The average molecular weight is 229 g/mol. The molecule has 0 aromatic heterocycles. The van der Waals surface area contributed by atoms with E-state index in [1.54, 1.807) is 0 Å². The van der Waals surface area contributed by atoms with E-state index in [1.807, 2.05) is 0 Å². The van der Waals surface area contributed by atoms with Gasteiger partial charge in [0, 0.05) is 12.1 Å². The van der Waals surface area contributed by atoms with Crippen molar-refractivity contribution in [3.63, 3.8) is 0 Å². The van der Waals surface area contributed by atoms with Gasteiger partial charge in [-0.3, -0.25) is 0 Å². The highest BCUT2D eigenvalue weighted by atomic mass is 16.5. The number of nitrogens with one attached hydrogen (secondary N) is 1. The van der Waals surface area contributed by atoms with Gasteiger partial charge in [0.25, 0.3) is 0 Å². The Morgan fingerprint density at radius 1 is 1.38 bits per heavy atom. The lowest BCUT2D eigenvalue weighted by Crippen LogP contribution is -2.45. The van der Waals surface area contributed by atoms with Gasteiger partial charge in [-0.2, -0.15) is 0 Å². The van der Waals surface area contributed by atoms with Gasteiger partial charge in [-0.15, -0.1) is 0 Å². The van der Waals surface area contributed by atoms with Gasteiger partial charge in [0.05, 0.1) is 12.7 Å². The molecule has 0 saturated heterocycles. The molecule has 0 aromatic carbocycles. The van der Waals surface area contributed by atoms with Crippen molar-refractivity contribution in [1.82, 2.24) is 5.32 Å². The maximum Gasteiger partial charge on any atom is 0.0610 e. The van der Waals surface area contributed by atoms with Crippen molar-refractivity contribution in [3.05, 3.63) is 0 Å². The van der Waals surface area contributed by atoms with Gasteiger partial charge in [0.1, 0.15) is 0 Å². The third-order valence-electron chi connectivity index (χ3n) is 3.48. The van der Waals surface area contributed by atoms with E-state index in [0.29, 0.717) is 6.10 Å². The zero-order valence-corrected chi connectivity index (χ0v) is 10.8. The predicted molar refractivity (Wildman–Crippen MR) is 66.6 cm³/mol. The Hall–Kier alpha value is -0.120. The normalized spacial score (nSPS) is 20.4. The van der Waals surface area contributed by atoms with E-state index in [4.69, 9.17) is 4.74 Å². The summed E-state index contributed by atoms with van der Waals surface area (Å²) in [5.74, 6) is 0. The fourth-order valence-corrected chi connectivity index (χ4v) is 2.05. The Bertz CT molecular complexity index is 183. The Balaban J connectivity index is 1.99. The van der Waals surface area contributed by atoms with Crippen LogP contribution in [0.2, 0.25) is 0 Å². The van der Waals surface area contributed by atoms with E-state index in [2.05, 4.69) is 19.2 Å². The molecule has 1 fully saturated rings. The molecule has 0 aliphatic heterocycles. The molecule has 1 unspecified atom stereocenters. The zero-order chi connectivity index (χ0) is 11.9. The summed E-state index contributed by atoms with van der Waals surface area (Å²) in [6, 6.07) is 0. The Labute approximate surface area is 99.6 Å². The number of unbranched alkanes of at least 4 members (excludes halogenated alkanes) is 1. The summed E-state index contributed by atoms with van der Waals surface area (Å²) in [6.07, 6.45) is 7.66. The van der Waals surface area contributed by atoms with E-state index in [0.717, 1.165) is 32.4 Å². The van der Waals surface area contributed by atoms with Crippen molar-refractivity contribution in [2.24, 2.45) is 0 Å². The molecule has 1 aliphatic rings. The van der Waals surface area contributed by atoms with Crippen LogP contribution < -0.4 is 5.32 Å². The minimum absolute atomic E-state index is 0.106. The maximum atomic E-state index is 9.31. The van der Waals surface area contributed by atoms with Crippen LogP contribution in [0.4, 0.5) is 0 Å². The molecule has 16 heavy (non-hydrogen) atoms. The summed E-state index contributed by atoms with van der Waals surface area (Å²) in [5.41, 5.74) is -0.106. The molecule has 3 nitrogen and oxygen atoms in total. The summed E-state index contributed by atoms with van der Waals surface area (Å²) in [6.45, 7) is 6.18.